The van der Waals surface area contributed by atoms with Crippen molar-refractivity contribution >= 4 is 0 Å². The molecular weight excluding hydrogens is 408 g/mol. The van der Waals surface area contributed by atoms with Gasteiger partial charge in [0.15, 0.2) is 11.5 Å². The molecule has 1 unspecified atom stereocenters. The van der Waals surface area contributed by atoms with Gasteiger partial charge in [-0.1, -0.05) is 43.3 Å². The topological polar surface area (TPSA) is 38.7 Å². The molecule has 0 heterocycles. The molecule has 2 saturated carbocycles. The number of ether oxygens (including phenoxy) is 2. The third-order valence-electron chi connectivity index (χ3n) is 9.13. The van der Waals surface area contributed by atoms with Gasteiger partial charge in [0, 0.05) is 0 Å². The lowest BCUT2D eigenvalue weighted by Crippen LogP contribution is -2.50. The van der Waals surface area contributed by atoms with Crippen molar-refractivity contribution < 1.29 is 14.6 Å². The summed E-state index contributed by atoms with van der Waals surface area (Å²) in [6.45, 7) is 9.50. The van der Waals surface area contributed by atoms with Crippen molar-refractivity contribution in [2.75, 3.05) is 6.61 Å². The predicted octanol–water partition coefficient (Wildman–Crippen LogP) is 6.83. The summed E-state index contributed by atoms with van der Waals surface area (Å²) in [7, 11) is 0. The molecule has 0 saturated heterocycles. The maximum absolute atomic E-state index is 11.5. The number of rotatable bonds is 7. The van der Waals surface area contributed by atoms with E-state index in [0.29, 0.717) is 37.4 Å². The fraction of sp³-hybridized carbons (Fsp3) is 0.533. The Balaban J connectivity index is 1.42. The first-order chi connectivity index (χ1) is 16.0. The summed E-state index contributed by atoms with van der Waals surface area (Å²) in [5.74, 6) is 3.51. The van der Waals surface area contributed by atoms with Crippen molar-refractivity contribution in [3.8, 4) is 11.5 Å². The molecule has 3 aliphatic carbocycles. The highest BCUT2D eigenvalue weighted by Crippen LogP contribution is 2.65. The van der Waals surface area contributed by atoms with E-state index in [-0.39, 0.29) is 5.41 Å². The summed E-state index contributed by atoms with van der Waals surface area (Å²) in [4.78, 5) is 0. The minimum Gasteiger partial charge on any atom is -0.490 e. The minimum absolute atomic E-state index is 0.00133. The van der Waals surface area contributed by atoms with Crippen LogP contribution in [0.1, 0.15) is 75.0 Å². The summed E-state index contributed by atoms with van der Waals surface area (Å²) >= 11 is 0. The van der Waals surface area contributed by atoms with Gasteiger partial charge in [-0.15, -0.1) is 6.58 Å². The highest BCUT2D eigenvalue weighted by molar-refractivity contribution is 5.50. The molecule has 3 aliphatic rings. The predicted molar refractivity (Wildman–Crippen MR) is 133 cm³/mol. The van der Waals surface area contributed by atoms with E-state index >= 15 is 0 Å². The second-order valence-corrected chi connectivity index (χ2v) is 10.6. The van der Waals surface area contributed by atoms with Gasteiger partial charge in [-0.25, -0.2) is 0 Å². The van der Waals surface area contributed by atoms with E-state index in [2.05, 4.69) is 37.8 Å². The molecule has 0 bridgehead atoms. The van der Waals surface area contributed by atoms with Gasteiger partial charge in [-0.2, -0.15) is 0 Å². The largest absolute Gasteiger partial charge is 0.490 e. The number of benzene rings is 2. The third-order valence-corrected chi connectivity index (χ3v) is 9.13. The molecule has 33 heavy (non-hydrogen) atoms. The van der Waals surface area contributed by atoms with Gasteiger partial charge in [0.25, 0.3) is 0 Å². The Labute approximate surface area is 198 Å². The molecule has 2 fully saturated rings. The van der Waals surface area contributed by atoms with Gasteiger partial charge < -0.3 is 14.6 Å². The number of aliphatic hydroxyl groups is 1. The van der Waals surface area contributed by atoms with Crippen LogP contribution in [-0.4, -0.2) is 17.3 Å². The normalized spacial score (nSPS) is 32.4. The molecule has 2 aromatic rings. The zero-order chi connectivity index (χ0) is 23.1. The van der Waals surface area contributed by atoms with Crippen LogP contribution in [0.25, 0.3) is 0 Å². The van der Waals surface area contributed by atoms with Crippen LogP contribution in [0.15, 0.2) is 55.1 Å². The van der Waals surface area contributed by atoms with Crippen molar-refractivity contribution in [3.63, 3.8) is 0 Å². The minimum atomic E-state index is -0.587. The smallest absolute Gasteiger partial charge is 0.161 e. The van der Waals surface area contributed by atoms with Gasteiger partial charge in [0.2, 0.25) is 0 Å². The third kappa shape index (κ3) is 3.79. The molecule has 0 amide bonds. The van der Waals surface area contributed by atoms with Gasteiger partial charge in [0.05, 0.1) is 12.2 Å². The van der Waals surface area contributed by atoms with Crippen LogP contribution >= 0.6 is 0 Å². The van der Waals surface area contributed by atoms with E-state index in [1.54, 1.807) is 0 Å². The maximum Gasteiger partial charge on any atom is 0.161 e. The molecular formula is C30H38O3. The van der Waals surface area contributed by atoms with Crippen LogP contribution in [0.5, 0.6) is 11.5 Å². The second-order valence-electron chi connectivity index (χ2n) is 10.6. The van der Waals surface area contributed by atoms with Crippen LogP contribution in [0, 0.1) is 17.3 Å². The van der Waals surface area contributed by atoms with Gasteiger partial charge in [-0.05, 0) is 104 Å². The number of hydrogen-bond acceptors (Lipinski definition) is 3. The molecule has 5 atom stereocenters. The summed E-state index contributed by atoms with van der Waals surface area (Å²) in [5.41, 5.74) is 3.46. The van der Waals surface area contributed by atoms with E-state index in [4.69, 9.17) is 9.47 Å². The van der Waals surface area contributed by atoms with Crippen LogP contribution in [0.2, 0.25) is 0 Å². The molecule has 0 radical (unpaired) electrons. The van der Waals surface area contributed by atoms with Crippen LogP contribution < -0.4 is 9.47 Å². The highest BCUT2D eigenvalue weighted by atomic mass is 16.5. The molecule has 176 valence electrons. The first-order valence-corrected chi connectivity index (χ1v) is 12.8. The van der Waals surface area contributed by atoms with Crippen molar-refractivity contribution in [1.29, 1.82) is 0 Å². The van der Waals surface area contributed by atoms with Crippen molar-refractivity contribution in [2.24, 2.45) is 17.3 Å². The van der Waals surface area contributed by atoms with E-state index in [9.17, 15) is 5.11 Å². The summed E-state index contributed by atoms with van der Waals surface area (Å²) in [6.07, 6.45) is 9.18. The van der Waals surface area contributed by atoms with E-state index in [0.717, 1.165) is 49.2 Å². The fourth-order valence-corrected chi connectivity index (χ4v) is 7.38. The molecule has 1 N–H and O–H groups in total. The van der Waals surface area contributed by atoms with Crippen molar-refractivity contribution in [3.05, 3.63) is 71.8 Å². The molecule has 3 nitrogen and oxygen atoms in total. The Morgan fingerprint density at radius 2 is 1.85 bits per heavy atom. The summed E-state index contributed by atoms with van der Waals surface area (Å²) in [5, 5.41) is 11.5. The fourth-order valence-electron chi connectivity index (χ4n) is 7.38. The maximum atomic E-state index is 11.5. The van der Waals surface area contributed by atoms with E-state index < -0.39 is 5.60 Å². The summed E-state index contributed by atoms with van der Waals surface area (Å²) < 4.78 is 12.3. The molecule has 0 aromatic heterocycles. The van der Waals surface area contributed by atoms with Crippen LogP contribution in [0.3, 0.4) is 0 Å². The monoisotopic (exact) mass is 446 g/mol. The lowest BCUT2D eigenvalue weighted by Gasteiger charge is -2.53. The molecule has 3 heteroatoms. The Morgan fingerprint density at radius 1 is 1.06 bits per heavy atom. The molecule has 5 rings (SSSR count). The van der Waals surface area contributed by atoms with Gasteiger partial charge >= 0.3 is 0 Å². The number of fused-ring (bicyclic) bond motifs is 5. The number of hydrogen-bond donors (Lipinski definition) is 1. The Morgan fingerprint density at radius 3 is 2.61 bits per heavy atom. The van der Waals surface area contributed by atoms with E-state index in [1.165, 1.54) is 17.5 Å². The molecule has 0 aliphatic heterocycles. The molecule has 2 aromatic carbocycles. The Kier molecular flexibility index (Phi) is 6.03. The average Bonchev–Trinajstić information content (AvgIpc) is 3.09. The zero-order valence-corrected chi connectivity index (χ0v) is 20.2. The van der Waals surface area contributed by atoms with Crippen molar-refractivity contribution in [1.82, 2.24) is 0 Å². The van der Waals surface area contributed by atoms with Crippen molar-refractivity contribution in [2.45, 2.75) is 76.9 Å². The van der Waals surface area contributed by atoms with E-state index in [1.807, 2.05) is 31.2 Å². The first-order valence-electron chi connectivity index (χ1n) is 12.8. The van der Waals surface area contributed by atoms with Crippen LogP contribution in [0.4, 0.5) is 0 Å². The molecule has 0 spiro atoms. The van der Waals surface area contributed by atoms with Gasteiger partial charge in [-0.3, -0.25) is 0 Å². The second kappa shape index (κ2) is 8.83. The van der Waals surface area contributed by atoms with Crippen LogP contribution in [-0.2, 0) is 13.0 Å². The lowest BCUT2D eigenvalue weighted by atomic mass is 9.53. The summed E-state index contributed by atoms with van der Waals surface area (Å²) in [6, 6.07) is 14.8. The lowest BCUT2D eigenvalue weighted by molar-refractivity contribution is -0.100. The Bertz CT molecular complexity index is 999. The average molecular weight is 447 g/mol. The first kappa shape index (κ1) is 22.5. The highest BCUT2D eigenvalue weighted by Gasteiger charge is 2.60. The quantitative estimate of drug-likeness (QED) is 0.474. The SMILES string of the molecule is C=CCC1(O)CC[C@H]2[C@@H]3CCc4cc(OCc5ccccc5)c(OCC)cc4[C@H]3CC[C@@]21C. The Hall–Kier alpha value is -2.26. The number of aryl methyl sites for hydroxylation is 1. The standard InChI is InChI=1S/C30H38O3/c1-4-15-30(31)17-14-26-24-12-11-22-18-27(33-20-21-9-7-6-8-10-21)28(32-5-2)19-25(22)23(24)13-16-29(26,30)3/h4,6-10,18-19,23-24,26,31H,1,5,11-17,20H2,2-3H3/t23-,24+,26-,29-,30?/m0/s1. The zero-order valence-electron chi connectivity index (χ0n) is 20.2. The van der Waals surface area contributed by atoms with Gasteiger partial charge in [0.1, 0.15) is 6.61 Å².